The highest BCUT2D eigenvalue weighted by Gasteiger charge is 2.04. The largest absolute Gasteiger partial charge is 0.338 e. The van der Waals surface area contributed by atoms with Gasteiger partial charge in [-0.3, -0.25) is 0 Å². The number of halogens is 1. The van der Waals surface area contributed by atoms with Gasteiger partial charge in [0.2, 0.25) is 0 Å². The van der Waals surface area contributed by atoms with Gasteiger partial charge in [0.15, 0.2) is 0 Å². The van der Waals surface area contributed by atoms with Crippen LogP contribution in [0.5, 0.6) is 0 Å². The zero-order valence-electron chi connectivity index (χ0n) is 8.93. The number of aryl methyl sites for hydroxylation is 1. The molecule has 1 rings (SSSR count). The standard InChI is InChI=1S/C11H15ClN2O/c1-3-8-5-6-10(9(12)7-8)14-11(15)13-4-2/h5-7H,3-4H2,1-2H3,(H2,13,14,15). The van der Waals surface area contributed by atoms with Crippen molar-refractivity contribution in [2.75, 3.05) is 11.9 Å². The summed E-state index contributed by atoms with van der Waals surface area (Å²) >= 11 is 6.01. The number of rotatable bonds is 3. The predicted molar refractivity (Wildman–Crippen MR) is 63.5 cm³/mol. The summed E-state index contributed by atoms with van der Waals surface area (Å²) in [6.45, 7) is 4.51. The van der Waals surface area contributed by atoms with Crippen LogP contribution in [0.3, 0.4) is 0 Å². The number of hydrogen-bond donors (Lipinski definition) is 2. The molecule has 0 unspecified atom stereocenters. The molecule has 0 saturated heterocycles. The number of anilines is 1. The minimum atomic E-state index is -0.233. The van der Waals surface area contributed by atoms with Crippen LogP contribution >= 0.6 is 11.6 Å². The van der Waals surface area contributed by atoms with Gasteiger partial charge in [-0.15, -0.1) is 0 Å². The van der Waals surface area contributed by atoms with Crippen molar-refractivity contribution in [2.24, 2.45) is 0 Å². The molecule has 0 saturated carbocycles. The molecule has 0 aliphatic heterocycles. The minimum Gasteiger partial charge on any atom is -0.338 e. The molecule has 0 aliphatic rings. The second-order valence-corrected chi connectivity index (χ2v) is 3.56. The summed E-state index contributed by atoms with van der Waals surface area (Å²) in [5, 5.41) is 5.89. The molecule has 0 aliphatic carbocycles. The molecule has 3 nitrogen and oxygen atoms in total. The third kappa shape index (κ3) is 3.44. The quantitative estimate of drug-likeness (QED) is 0.817. The fourth-order valence-corrected chi connectivity index (χ4v) is 1.46. The van der Waals surface area contributed by atoms with E-state index in [9.17, 15) is 4.79 Å². The van der Waals surface area contributed by atoms with Crippen LogP contribution in [0.1, 0.15) is 19.4 Å². The fraction of sp³-hybridized carbons (Fsp3) is 0.364. The Morgan fingerprint density at radius 2 is 2.13 bits per heavy atom. The van der Waals surface area contributed by atoms with E-state index in [1.54, 1.807) is 0 Å². The van der Waals surface area contributed by atoms with E-state index in [-0.39, 0.29) is 6.03 Å². The van der Waals surface area contributed by atoms with Gasteiger partial charge < -0.3 is 10.6 Å². The van der Waals surface area contributed by atoms with Gasteiger partial charge in [0.1, 0.15) is 0 Å². The Kier molecular flexibility index (Phi) is 4.43. The first-order valence-corrected chi connectivity index (χ1v) is 5.38. The maximum atomic E-state index is 11.2. The van der Waals surface area contributed by atoms with E-state index in [0.717, 1.165) is 12.0 Å². The number of carbonyl (C=O) groups excluding carboxylic acids is 1. The van der Waals surface area contributed by atoms with Gasteiger partial charge in [-0.2, -0.15) is 0 Å². The lowest BCUT2D eigenvalue weighted by molar-refractivity contribution is 0.252. The highest BCUT2D eigenvalue weighted by molar-refractivity contribution is 6.33. The number of hydrogen-bond acceptors (Lipinski definition) is 1. The third-order valence-corrected chi connectivity index (χ3v) is 2.34. The molecule has 4 heteroatoms. The lowest BCUT2D eigenvalue weighted by atomic mass is 10.1. The smallest absolute Gasteiger partial charge is 0.319 e. The lowest BCUT2D eigenvalue weighted by Gasteiger charge is -2.08. The van der Waals surface area contributed by atoms with Gasteiger partial charge in [0.25, 0.3) is 0 Å². The molecule has 0 spiro atoms. The average molecular weight is 227 g/mol. The summed E-state index contributed by atoms with van der Waals surface area (Å²) in [5.41, 5.74) is 1.79. The van der Waals surface area contributed by atoms with Crippen molar-refractivity contribution in [3.05, 3.63) is 28.8 Å². The van der Waals surface area contributed by atoms with Gasteiger partial charge in [0, 0.05) is 6.54 Å². The number of urea groups is 1. The van der Waals surface area contributed by atoms with Crippen LogP contribution in [0.25, 0.3) is 0 Å². The molecule has 0 bridgehead atoms. The molecule has 2 amide bonds. The van der Waals surface area contributed by atoms with Crippen LogP contribution in [0.4, 0.5) is 10.5 Å². The van der Waals surface area contributed by atoms with Crippen molar-refractivity contribution in [1.29, 1.82) is 0 Å². The minimum absolute atomic E-state index is 0.233. The van der Waals surface area contributed by atoms with Gasteiger partial charge in [-0.1, -0.05) is 24.6 Å². The van der Waals surface area contributed by atoms with Crippen molar-refractivity contribution in [2.45, 2.75) is 20.3 Å². The first-order chi connectivity index (χ1) is 7.17. The van der Waals surface area contributed by atoms with Crippen LogP contribution in [0.2, 0.25) is 5.02 Å². The SMILES string of the molecule is CCNC(=O)Nc1ccc(CC)cc1Cl. The summed E-state index contributed by atoms with van der Waals surface area (Å²) < 4.78 is 0. The lowest BCUT2D eigenvalue weighted by Crippen LogP contribution is -2.28. The maximum Gasteiger partial charge on any atom is 0.319 e. The Balaban J connectivity index is 2.73. The molecule has 2 N–H and O–H groups in total. The molecule has 1 aromatic rings. The van der Waals surface area contributed by atoms with E-state index in [2.05, 4.69) is 17.6 Å². The second kappa shape index (κ2) is 5.61. The molecule has 15 heavy (non-hydrogen) atoms. The van der Waals surface area contributed by atoms with E-state index in [1.165, 1.54) is 0 Å². The number of benzene rings is 1. The number of nitrogens with one attached hydrogen (secondary N) is 2. The maximum absolute atomic E-state index is 11.2. The van der Waals surface area contributed by atoms with Crippen molar-refractivity contribution in [1.82, 2.24) is 5.32 Å². The van der Waals surface area contributed by atoms with Gasteiger partial charge in [0.05, 0.1) is 10.7 Å². The van der Waals surface area contributed by atoms with Crippen molar-refractivity contribution >= 4 is 23.3 Å². The van der Waals surface area contributed by atoms with E-state index in [1.807, 2.05) is 25.1 Å². The van der Waals surface area contributed by atoms with E-state index >= 15 is 0 Å². The van der Waals surface area contributed by atoms with Crippen molar-refractivity contribution in [3.63, 3.8) is 0 Å². The summed E-state index contributed by atoms with van der Waals surface area (Å²) in [7, 11) is 0. The molecular formula is C11H15ClN2O. The van der Waals surface area contributed by atoms with Crippen LogP contribution in [0, 0.1) is 0 Å². The van der Waals surface area contributed by atoms with E-state index < -0.39 is 0 Å². The highest BCUT2D eigenvalue weighted by atomic mass is 35.5. The van der Waals surface area contributed by atoms with Gasteiger partial charge in [-0.05, 0) is 31.0 Å². The van der Waals surface area contributed by atoms with Crippen molar-refractivity contribution < 1.29 is 4.79 Å². The Bertz CT molecular complexity index is 352. The van der Waals surface area contributed by atoms with Crippen molar-refractivity contribution in [3.8, 4) is 0 Å². The first kappa shape index (κ1) is 11.9. The molecule has 0 radical (unpaired) electrons. The molecule has 1 aromatic carbocycles. The van der Waals surface area contributed by atoms with E-state index in [4.69, 9.17) is 11.6 Å². The summed E-state index contributed by atoms with van der Waals surface area (Å²) in [6.07, 6.45) is 0.932. The van der Waals surface area contributed by atoms with Crippen LogP contribution in [-0.2, 0) is 6.42 Å². The zero-order valence-corrected chi connectivity index (χ0v) is 9.69. The first-order valence-electron chi connectivity index (χ1n) is 5.00. The Morgan fingerprint density at radius 3 is 2.67 bits per heavy atom. The average Bonchev–Trinajstić information content (AvgIpc) is 2.21. The Hall–Kier alpha value is -1.22. The van der Waals surface area contributed by atoms with Gasteiger partial charge in [-0.25, -0.2) is 4.79 Å². The predicted octanol–water partition coefficient (Wildman–Crippen LogP) is 3.04. The molecule has 0 fully saturated rings. The topological polar surface area (TPSA) is 41.1 Å². The van der Waals surface area contributed by atoms with Crippen LogP contribution in [-0.4, -0.2) is 12.6 Å². The Labute approximate surface area is 94.8 Å². The number of carbonyl (C=O) groups is 1. The van der Waals surface area contributed by atoms with Crippen LogP contribution < -0.4 is 10.6 Å². The highest BCUT2D eigenvalue weighted by Crippen LogP contribution is 2.23. The summed E-state index contributed by atoms with van der Waals surface area (Å²) in [4.78, 5) is 11.2. The second-order valence-electron chi connectivity index (χ2n) is 3.15. The normalized spacial score (nSPS) is 9.80. The molecule has 0 atom stereocenters. The molecule has 82 valence electrons. The van der Waals surface area contributed by atoms with Gasteiger partial charge >= 0.3 is 6.03 Å². The van der Waals surface area contributed by atoms with E-state index in [0.29, 0.717) is 17.3 Å². The number of amides is 2. The molecular weight excluding hydrogens is 212 g/mol. The van der Waals surface area contributed by atoms with Crippen LogP contribution in [0.15, 0.2) is 18.2 Å². The zero-order chi connectivity index (χ0) is 11.3. The molecule has 0 aromatic heterocycles. The summed E-state index contributed by atoms with van der Waals surface area (Å²) in [5.74, 6) is 0. The fourth-order valence-electron chi connectivity index (χ4n) is 1.21. The Morgan fingerprint density at radius 1 is 1.40 bits per heavy atom. The third-order valence-electron chi connectivity index (χ3n) is 2.03. The molecule has 0 heterocycles. The monoisotopic (exact) mass is 226 g/mol. The summed E-state index contributed by atoms with van der Waals surface area (Å²) in [6, 6.07) is 5.40.